The van der Waals surface area contributed by atoms with Gasteiger partial charge in [0, 0.05) is 11.6 Å². The Kier molecular flexibility index (Phi) is 1.96. The molecule has 2 fully saturated rings. The third-order valence-corrected chi connectivity index (χ3v) is 4.74. The van der Waals surface area contributed by atoms with E-state index in [1.54, 1.807) is 6.20 Å². The number of H-pyrrole nitrogens is 1. The van der Waals surface area contributed by atoms with Gasteiger partial charge in [-0.1, -0.05) is 0 Å². The normalized spacial score (nSPS) is 32.9. The molecule has 5 nitrogen and oxygen atoms in total. The Morgan fingerprint density at radius 3 is 3.00 bits per heavy atom. The zero-order valence-electron chi connectivity index (χ0n) is 10.2. The van der Waals surface area contributed by atoms with Crippen LogP contribution < -0.4 is 4.90 Å². The van der Waals surface area contributed by atoms with E-state index in [0.29, 0.717) is 6.42 Å². The largest absolute Gasteiger partial charge is 0.393 e. The van der Waals surface area contributed by atoms with Gasteiger partial charge in [-0.05, 0) is 38.5 Å². The van der Waals surface area contributed by atoms with Gasteiger partial charge in [0.1, 0.15) is 5.82 Å². The van der Waals surface area contributed by atoms with Crippen molar-refractivity contribution in [3.63, 3.8) is 0 Å². The Morgan fingerprint density at radius 2 is 2.28 bits per heavy atom. The number of fused-ring (bicyclic) bond motifs is 2. The molecule has 18 heavy (non-hydrogen) atoms. The SMILES string of the molecule is O=C1N([C@@H]2CCC[C@@H](O)C2)c2[nH]ncc2C12CC2. The predicted octanol–water partition coefficient (Wildman–Crippen LogP) is 1.09. The fourth-order valence-electron chi connectivity index (χ4n) is 3.59. The van der Waals surface area contributed by atoms with E-state index in [1.165, 1.54) is 0 Å². The number of carbonyl (C=O) groups excluding carboxylic acids is 1. The van der Waals surface area contributed by atoms with Crippen LogP contribution in [0.2, 0.25) is 0 Å². The number of nitrogens with one attached hydrogen (secondary N) is 1. The van der Waals surface area contributed by atoms with Gasteiger partial charge in [0.05, 0.1) is 17.7 Å². The van der Waals surface area contributed by atoms with Crippen LogP contribution in [0, 0.1) is 0 Å². The van der Waals surface area contributed by atoms with Crippen molar-refractivity contribution in [3.05, 3.63) is 11.8 Å². The first-order chi connectivity index (χ1) is 8.72. The molecule has 2 aliphatic carbocycles. The van der Waals surface area contributed by atoms with Crippen molar-refractivity contribution >= 4 is 11.7 Å². The van der Waals surface area contributed by atoms with Crippen molar-refractivity contribution in [1.82, 2.24) is 10.2 Å². The highest BCUT2D eigenvalue weighted by Gasteiger charge is 2.61. The van der Waals surface area contributed by atoms with E-state index in [0.717, 1.165) is 43.5 Å². The van der Waals surface area contributed by atoms with E-state index in [1.807, 2.05) is 4.90 Å². The molecule has 0 bridgehead atoms. The maximum absolute atomic E-state index is 12.6. The summed E-state index contributed by atoms with van der Waals surface area (Å²) in [6, 6.07) is 0.139. The lowest BCUT2D eigenvalue weighted by molar-refractivity contribution is -0.121. The highest BCUT2D eigenvalue weighted by molar-refractivity contribution is 6.09. The molecule has 0 unspecified atom stereocenters. The number of aliphatic hydroxyl groups excluding tert-OH is 1. The molecular formula is C13H17N3O2. The standard InChI is InChI=1S/C13H17N3O2/c17-9-3-1-2-8(6-9)16-11-10(7-14-15-11)13(4-5-13)12(16)18/h7-9,17H,1-6H2,(H,14,15)/t8-,9-/m1/s1. The molecule has 2 heterocycles. The Labute approximate surface area is 105 Å². The van der Waals surface area contributed by atoms with Crippen molar-refractivity contribution in [2.24, 2.45) is 0 Å². The number of anilines is 1. The Balaban J connectivity index is 1.71. The average Bonchev–Trinajstić information content (AvgIpc) is 2.97. The van der Waals surface area contributed by atoms with Crippen molar-refractivity contribution < 1.29 is 9.90 Å². The first-order valence-corrected chi connectivity index (χ1v) is 6.78. The van der Waals surface area contributed by atoms with E-state index < -0.39 is 0 Å². The average molecular weight is 247 g/mol. The molecule has 96 valence electrons. The monoisotopic (exact) mass is 247 g/mol. The van der Waals surface area contributed by atoms with Crippen LogP contribution in [0.5, 0.6) is 0 Å². The Bertz CT molecular complexity index is 506. The summed E-state index contributed by atoms with van der Waals surface area (Å²) in [5.41, 5.74) is 0.817. The van der Waals surface area contributed by atoms with Crippen LogP contribution >= 0.6 is 0 Å². The van der Waals surface area contributed by atoms with Gasteiger partial charge in [-0.15, -0.1) is 0 Å². The summed E-state index contributed by atoms with van der Waals surface area (Å²) >= 11 is 0. The van der Waals surface area contributed by atoms with E-state index >= 15 is 0 Å². The second kappa shape index (κ2) is 3.35. The maximum atomic E-state index is 12.6. The van der Waals surface area contributed by atoms with Crippen LogP contribution in [-0.4, -0.2) is 33.4 Å². The highest BCUT2D eigenvalue weighted by Crippen LogP contribution is 2.57. The molecule has 1 aromatic heterocycles. The summed E-state index contributed by atoms with van der Waals surface area (Å²) in [7, 11) is 0. The lowest BCUT2D eigenvalue weighted by Gasteiger charge is -2.33. The maximum Gasteiger partial charge on any atom is 0.239 e. The van der Waals surface area contributed by atoms with Gasteiger partial charge in [-0.2, -0.15) is 5.10 Å². The molecule has 1 aromatic rings. The van der Waals surface area contributed by atoms with E-state index in [4.69, 9.17) is 0 Å². The van der Waals surface area contributed by atoms with Crippen LogP contribution in [0.1, 0.15) is 44.1 Å². The molecule has 2 N–H and O–H groups in total. The van der Waals surface area contributed by atoms with Crippen LogP contribution in [0.15, 0.2) is 6.20 Å². The van der Waals surface area contributed by atoms with Gasteiger partial charge in [-0.25, -0.2) is 0 Å². The quantitative estimate of drug-likeness (QED) is 0.780. The zero-order valence-corrected chi connectivity index (χ0v) is 10.2. The molecule has 0 radical (unpaired) electrons. The molecule has 5 heteroatoms. The molecule has 2 atom stereocenters. The van der Waals surface area contributed by atoms with E-state index in [2.05, 4.69) is 10.2 Å². The number of hydrogen-bond donors (Lipinski definition) is 2. The summed E-state index contributed by atoms with van der Waals surface area (Å²) in [5.74, 6) is 1.11. The van der Waals surface area contributed by atoms with Crippen LogP contribution in [0.25, 0.3) is 0 Å². The van der Waals surface area contributed by atoms with Gasteiger partial charge in [0.15, 0.2) is 0 Å². The van der Waals surface area contributed by atoms with Crippen molar-refractivity contribution in [2.45, 2.75) is 56.1 Å². The summed E-state index contributed by atoms with van der Waals surface area (Å²) < 4.78 is 0. The fraction of sp³-hybridized carbons (Fsp3) is 0.692. The van der Waals surface area contributed by atoms with Crippen LogP contribution in [0.3, 0.4) is 0 Å². The topological polar surface area (TPSA) is 69.2 Å². The summed E-state index contributed by atoms with van der Waals surface area (Å²) in [5, 5.41) is 16.9. The molecule has 3 aliphatic rings. The van der Waals surface area contributed by atoms with Gasteiger partial charge in [0.2, 0.25) is 5.91 Å². The summed E-state index contributed by atoms with van der Waals surface area (Å²) in [6.07, 6.45) is 6.97. The van der Waals surface area contributed by atoms with E-state index in [-0.39, 0.29) is 23.5 Å². The van der Waals surface area contributed by atoms with Gasteiger partial charge >= 0.3 is 0 Å². The second-order valence-corrected chi connectivity index (χ2v) is 5.86. The Morgan fingerprint density at radius 1 is 1.44 bits per heavy atom. The first kappa shape index (κ1) is 10.6. The molecule has 1 amide bonds. The number of amides is 1. The molecule has 4 rings (SSSR count). The number of aliphatic hydroxyl groups is 1. The third-order valence-electron chi connectivity index (χ3n) is 4.74. The second-order valence-electron chi connectivity index (χ2n) is 5.86. The van der Waals surface area contributed by atoms with E-state index in [9.17, 15) is 9.90 Å². The molecule has 2 saturated carbocycles. The van der Waals surface area contributed by atoms with Crippen LogP contribution in [-0.2, 0) is 10.2 Å². The molecule has 1 aliphatic heterocycles. The highest BCUT2D eigenvalue weighted by atomic mass is 16.3. The number of nitrogens with zero attached hydrogens (tertiary/aromatic N) is 2. The smallest absolute Gasteiger partial charge is 0.239 e. The first-order valence-electron chi connectivity index (χ1n) is 6.78. The summed E-state index contributed by atoms with van der Waals surface area (Å²) in [6.45, 7) is 0. The van der Waals surface area contributed by atoms with Gasteiger partial charge in [0.25, 0.3) is 0 Å². The van der Waals surface area contributed by atoms with Gasteiger partial charge < -0.3 is 5.11 Å². The molecule has 1 spiro atoms. The number of carbonyl (C=O) groups is 1. The number of aromatic nitrogens is 2. The third kappa shape index (κ3) is 1.20. The Hall–Kier alpha value is -1.36. The molecular weight excluding hydrogens is 230 g/mol. The zero-order chi connectivity index (χ0) is 12.3. The summed E-state index contributed by atoms with van der Waals surface area (Å²) in [4.78, 5) is 14.5. The predicted molar refractivity (Wildman–Crippen MR) is 65.2 cm³/mol. The van der Waals surface area contributed by atoms with Gasteiger partial charge in [-0.3, -0.25) is 14.8 Å². The number of hydrogen-bond acceptors (Lipinski definition) is 3. The van der Waals surface area contributed by atoms with Crippen LogP contribution in [0.4, 0.5) is 5.82 Å². The number of aromatic amines is 1. The molecule has 0 aromatic carbocycles. The molecule has 0 saturated heterocycles. The van der Waals surface area contributed by atoms with Crippen molar-refractivity contribution in [2.75, 3.05) is 4.90 Å². The lowest BCUT2D eigenvalue weighted by Crippen LogP contribution is -2.44. The van der Waals surface area contributed by atoms with Crippen molar-refractivity contribution in [1.29, 1.82) is 0 Å². The van der Waals surface area contributed by atoms with Crippen molar-refractivity contribution in [3.8, 4) is 0 Å². The fourth-order valence-corrected chi connectivity index (χ4v) is 3.59. The minimum absolute atomic E-state index is 0.139. The lowest BCUT2D eigenvalue weighted by atomic mass is 9.92. The number of rotatable bonds is 1. The minimum Gasteiger partial charge on any atom is -0.393 e. The minimum atomic E-state index is -0.265.